The third-order valence-corrected chi connectivity index (χ3v) is 6.01. The van der Waals surface area contributed by atoms with E-state index in [1.54, 1.807) is 0 Å². The van der Waals surface area contributed by atoms with Gasteiger partial charge in [0, 0.05) is 28.3 Å². The van der Waals surface area contributed by atoms with Gasteiger partial charge in [-0.1, -0.05) is 54.7 Å². The van der Waals surface area contributed by atoms with Crippen molar-refractivity contribution in [2.75, 3.05) is 6.61 Å². The van der Waals surface area contributed by atoms with E-state index in [2.05, 4.69) is 43.4 Å². The fraction of sp³-hybridized carbons (Fsp3) is 0.455. The zero-order valence-corrected chi connectivity index (χ0v) is 11.5. The van der Waals surface area contributed by atoms with E-state index in [9.17, 15) is 0 Å². The largest absolute Gasteiger partial charge is 0.396 e. The molecule has 0 saturated heterocycles. The van der Waals surface area contributed by atoms with Gasteiger partial charge in [-0.05, 0) is 6.42 Å². The number of rotatable bonds is 4. The van der Waals surface area contributed by atoms with Gasteiger partial charge in [0.05, 0.1) is 8.07 Å². The monoisotopic (exact) mass is 242 g/mol. The molecule has 0 aliphatic heterocycles. The van der Waals surface area contributed by atoms with E-state index in [4.69, 9.17) is 5.11 Å². The van der Waals surface area contributed by atoms with Crippen molar-refractivity contribution in [3.8, 4) is 0 Å². The summed E-state index contributed by atoms with van der Waals surface area (Å²) in [5.41, 5.74) is 0. The second kappa shape index (κ2) is 6.57. The van der Waals surface area contributed by atoms with Crippen LogP contribution in [-0.2, 0) is 21.7 Å². The summed E-state index contributed by atoms with van der Waals surface area (Å²) in [5, 5.41) is 10.3. The van der Waals surface area contributed by atoms with Gasteiger partial charge in [0.2, 0.25) is 0 Å². The van der Waals surface area contributed by atoms with Crippen LogP contribution < -0.4 is 5.19 Å². The average Bonchev–Trinajstić information content (AvgIpc) is 2.16. The molecule has 0 spiro atoms. The minimum atomic E-state index is -1.26. The van der Waals surface area contributed by atoms with Crippen molar-refractivity contribution >= 4 is 13.3 Å². The Morgan fingerprint density at radius 3 is 2.21 bits per heavy atom. The zero-order valence-electron chi connectivity index (χ0n) is 8.96. The van der Waals surface area contributed by atoms with Gasteiger partial charge in [-0.25, -0.2) is 0 Å². The van der Waals surface area contributed by atoms with Crippen LogP contribution in [0.4, 0.5) is 0 Å². The molecule has 0 aromatic heterocycles. The molecule has 1 N–H and O–H groups in total. The SMILES string of the molecule is C[Si](C)(CCCO)c1ccccc1.[Ti]. The van der Waals surface area contributed by atoms with Crippen molar-refractivity contribution in [3.05, 3.63) is 30.3 Å². The van der Waals surface area contributed by atoms with Crippen LogP contribution in [0, 0.1) is 0 Å². The van der Waals surface area contributed by atoms with Crippen LogP contribution in [0.1, 0.15) is 6.42 Å². The van der Waals surface area contributed by atoms with E-state index >= 15 is 0 Å². The van der Waals surface area contributed by atoms with Gasteiger partial charge in [0.1, 0.15) is 0 Å². The average molecular weight is 242 g/mol. The van der Waals surface area contributed by atoms with Gasteiger partial charge in [-0.2, -0.15) is 0 Å². The normalized spacial score (nSPS) is 10.8. The molecule has 3 heteroatoms. The molecule has 1 aromatic carbocycles. The van der Waals surface area contributed by atoms with Crippen LogP contribution in [0.25, 0.3) is 0 Å². The van der Waals surface area contributed by atoms with Gasteiger partial charge in [0.25, 0.3) is 0 Å². The van der Waals surface area contributed by atoms with Crippen LogP contribution in [0.2, 0.25) is 19.1 Å². The van der Waals surface area contributed by atoms with Crippen molar-refractivity contribution in [1.82, 2.24) is 0 Å². The summed E-state index contributed by atoms with van der Waals surface area (Å²) in [4.78, 5) is 0. The van der Waals surface area contributed by atoms with Crippen molar-refractivity contribution in [2.45, 2.75) is 25.6 Å². The fourth-order valence-corrected chi connectivity index (χ4v) is 3.98. The van der Waals surface area contributed by atoms with E-state index in [0.717, 1.165) is 6.42 Å². The second-order valence-corrected chi connectivity index (χ2v) is 8.92. The molecule has 76 valence electrons. The maximum Gasteiger partial charge on any atom is 0.0807 e. The van der Waals surface area contributed by atoms with Crippen LogP contribution in [0.5, 0.6) is 0 Å². The first-order valence-electron chi connectivity index (χ1n) is 4.83. The Kier molecular flexibility index (Phi) is 6.62. The Morgan fingerprint density at radius 1 is 1.14 bits per heavy atom. The van der Waals surface area contributed by atoms with Crippen molar-refractivity contribution < 1.29 is 26.8 Å². The third kappa shape index (κ3) is 4.09. The molecule has 0 amide bonds. The molecular weight excluding hydrogens is 224 g/mol. The Hall–Kier alpha value is 0.111. The van der Waals surface area contributed by atoms with E-state index in [-0.39, 0.29) is 21.7 Å². The van der Waals surface area contributed by atoms with Crippen LogP contribution in [0.15, 0.2) is 30.3 Å². The smallest absolute Gasteiger partial charge is 0.0807 e. The third-order valence-electron chi connectivity index (χ3n) is 2.52. The topological polar surface area (TPSA) is 20.2 Å². The first kappa shape index (κ1) is 14.1. The molecule has 0 bridgehead atoms. The first-order valence-corrected chi connectivity index (χ1v) is 8.04. The van der Waals surface area contributed by atoms with Gasteiger partial charge >= 0.3 is 0 Å². The van der Waals surface area contributed by atoms with Gasteiger partial charge in [-0.15, -0.1) is 0 Å². The molecule has 0 saturated carbocycles. The second-order valence-electron chi connectivity index (χ2n) is 4.08. The van der Waals surface area contributed by atoms with Crippen LogP contribution >= 0.6 is 0 Å². The fourth-order valence-electron chi connectivity index (χ4n) is 1.55. The molecule has 14 heavy (non-hydrogen) atoms. The number of aliphatic hydroxyl groups is 1. The van der Waals surface area contributed by atoms with Crippen LogP contribution in [-0.4, -0.2) is 19.8 Å². The van der Waals surface area contributed by atoms with Crippen molar-refractivity contribution in [2.24, 2.45) is 0 Å². The summed E-state index contributed by atoms with van der Waals surface area (Å²) in [5.74, 6) is 0. The number of benzene rings is 1. The molecule has 0 heterocycles. The summed E-state index contributed by atoms with van der Waals surface area (Å²) in [7, 11) is -1.26. The van der Waals surface area contributed by atoms with Gasteiger partial charge in [-0.3, -0.25) is 0 Å². The molecule has 0 unspecified atom stereocenters. The number of hydrogen-bond donors (Lipinski definition) is 1. The first-order chi connectivity index (χ1) is 6.17. The Balaban J connectivity index is 0.00000169. The minimum Gasteiger partial charge on any atom is -0.396 e. The van der Waals surface area contributed by atoms with Gasteiger partial charge < -0.3 is 5.11 Å². The Labute approximate surface area is 102 Å². The maximum absolute atomic E-state index is 8.80. The summed E-state index contributed by atoms with van der Waals surface area (Å²) >= 11 is 0. The molecular formula is C11H18OSiTi. The predicted molar refractivity (Wildman–Crippen MR) is 60.1 cm³/mol. The van der Waals surface area contributed by atoms with Crippen LogP contribution in [0.3, 0.4) is 0 Å². The van der Waals surface area contributed by atoms with Gasteiger partial charge in [0.15, 0.2) is 0 Å². The van der Waals surface area contributed by atoms with E-state index in [1.807, 2.05) is 0 Å². The maximum atomic E-state index is 8.80. The van der Waals surface area contributed by atoms with E-state index < -0.39 is 8.07 Å². The molecule has 0 atom stereocenters. The molecule has 0 aliphatic rings. The standard InChI is InChI=1S/C11H18OSi.Ti/c1-13(2,10-6-9-12)11-7-4-3-5-8-11;/h3-5,7-8,12H,6,9-10H2,1-2H3;. The summed E-state index contributed by atoms with van der Waals surface area (Å²) in [6.07, 6.45) is 0.939. The molecule has 0 aliphatic carbocycles. The van der Waals surface area contributed by atoms with Crippen molar-refractivity contribution in [1.29, 1.82) is 0 Å². The minimum absolute atomic E-state index is 0. The predicted octanol–water partition coefficient (Wildman–Crippen LogP) is 1.98. The number of aliphatic hydroxyl groups excluding tert-OH is 1. The number of hydrogen-bond acceptors (Lipinski definition) is 1. The van der Waals surface area contributed by atoms with E-state index in [1.165, 1.54) is 11.2 Å². The molecule has 0 radical (unpaired) electrons. The van der Waals surface area contributed by atoms with E-state index in [0.29, 0.717) is 6.61 Å². The molecule has 0 fully saturated rings. The Bertz CT molecular complexity index is 249. The molecule has 1 nitrogen and oxygen atoms in total. The summed E-state index contributed by atoms with van der Waals surface area (Å²) in [6.45, 7) is 5.04. The molecule has 1 aromatic rings. The quantitative estimate of drug-likeness (QED) is 0.800. The summed E-state index contributed by atoms with van der Waals surface area (Å²) < 4.78 is 0. The zero-order chi connectivity index (χ0) is 9.73. The molecule has 1 rings (SSSR count). The summed E-state index contributed by atoms with van der Waals surface area (Å²) in [6, 6.07) is 11.9. The Morgan fingerprint density at radius 2 is 1.71 bits per heavy atom. The van der Waals surface area contributed by atoms with Crippen molar-refractivity contribution in [3.63, 3.8) is 0 Å².